The van der Waals surface area contributed by atoms with Gasteiger partial charge >= 0.3 is 0 Å². The first-order valence-corrected chi connectivity index (χ1v) is 9.27. The van der Waals surface area contributed by atoms with E-state index in [9.17, 15) is 4.79 Å². The summed E-state index contributed by atoms with van der Waals surface area (Å²) in [6, 6.07) is 14.3. The standard InChI is InChI=1S/C18H17ClN4O2S/c1-3-16(17(24)12-4-10-15(25-2)11-5-12)26-18-20-21-22-23(18)14-8-6-13(19)7-9-14/h4-11,16H,3H2,1-2H3. The number of carbonyl (C=O) groups is 1. The maximum absolute atomic E-state index is 12.8. The van der Waals surface area contributed by atoms with Crippen LogP contribution in [0.1, 0.15) is 23.7 Å². The van der Waals surface area contributed by atoms with Crippen molar-refractivity contribution in [3.8, 4) is 11.4 Å². The highest BCUT2D eigenvalue weighted by Crippen LogP contribution is 2.28. The number of tetrazole rings is 1. The van der Waals surface area contributed by atoms with E-state index in [-0.39, 0.29) is 11.0 Å². The molecule has 1 aromatic heterocycles. The van der Waals surface area contributed by atoms with Gasteiger partial charge in [-0.1, -0.05) is 30.3 Å². The molecule has 0 saturated heterocycles. The number of ether oxygens (including phenoxy) is 1. The number of ketones is 1. The number of halogens is 1. The van der Waals surface area contributed by atoms with E-state index in [0.29, 0.717) is 27.9 Å². The van der Waals surface area contributed by atoms with Gasteiger partial charge in [-0.25, -0.2) is 0 Å². The zero-order valence-electron chi connectivity index (χ0n) is 14.3. The summed E-state index contributed by atoms with van der Waals surface area (Å²) in [5.74, 6) is 0.750. The summed E-state index contributed by atoms with van der Waals surface area (Å²) in [6.07, 6.45) is 0.656. The summed E-state index contributed by atoms with van der Waals surface area (Å²) < 4.78 is 6.74. The third-order valence-electron chi connectivity index (χ3n) is 3.80. The van der Waals surface area contributed by atoms with Crippen LogP contribution in [0.4, 0.5) is 0 Å². The number of methoxy groups -OCH3 is 1. The smallest absolute Gasteiger partial charge is 0.214 e. The predicted octanol–water partition coefficient (Wildman–Crippen LogP) is 4.08. The number of hydrogen-bond acceptors (Lipinski definition) is 6. The van der Waals surface area contributed by atoms with Crippen LogP contribution in [0.3, 0.4) is 0 Å². The molecule has 0 aliphatic carbocycles. The lowest BCUT2D eigenvalue weighted by atomic mass is 10.1. The minimum atomic E-state index is -0.291. The van der Waals surface area contributed by atoms with Gasteiger partial charge in [-0.3, -0.25) is 4.79 Å². The van der Waals surface area contributed by atoms with Gasteiger partial charge in [-0.05, 0) is 65.4 Å². The van der Waals surface area contributed by atoms with Crippen LogP contribution in [-0.4, -0.2) is 38.4 Å². The minimum absolute atomic E-state index is 0.0332. The normalized spacial score (nSPS) is 12.0. The fraction of sp³-hybridized carbons (Fsp3) is 0.222. The summed E-state index contributed by atoms with van der Waals surface area (Å²) in [5, 5.41) is 12.7. The van der Waals surface area contributed by atoms with Crippen LogP contribution >= 0.6 is 23.4 Å². The number of benzene rings is 2. The number of nitrogens with zero attached hydrogens (tertiary/aromatic N) is 4. The van der Waals surface area contributed by atoms with Crippen LogP contribution in [-0.2, 0) is 0 Å². The highest BCUT2D eigenvalue weighted by molar-refractivity contribution is 8.00. The molecular formula is C18H17ClN4O2S. The zero-order valence-corrected chi connectivity index (χ0v) is 15.9. The lowest BCUT2D eigenvalue weighted by Crippen LogP contribution is -2.17. The van der Waals surface area contributed by atoms with Crippen molar-refractivity contribution in [3.63, 3.8) is 0 Å². The quantitative estimate of drug-likeness (QED) is 0.448. The Kier molecular flexibility index (Phi) is 5.90. The summed E-state index contributed by atoms with van der Waals surface area (Å²) in [6.45, 7) is 1.97. The van der Waals surface area contributed by atoms with Crippen LogP contribution in [0.25, 0.3) is 5.69 Å². The van der Waals surface area contributed by atoms with Crippen LogP contribution < -0.4 is 4.74 Å². The van der Waals surface area contributed by atoms with Crippen LogP contribution in [0, 0.1) is 0 Å². The van der Waals surface area contributed by atoms with Gasteiger partial charge in [-0.2, -0.15) is 4.68 Å². The van der Waals surface area contributed by atoms with Crippen molar-refractivity contribution in [2.24, 2.45) is 0 Å². The molecule has 0 N–H and O–H groups in total. The SMILES string of the molecule is CCC(Sc1nnnn1-c1ccc(Cl)cc1)C(=O)c1ccc(OC)cc1. The molecule has 134 valence electrons. The van der Waals surface area contributed by atoms with Crippen LogP contribution in [0.2, 0.25) is 5.02 Å². The van der Waals surface area contributed by atoms with Crippen molar-refractivity contribution in [1.82, 2.24) is 20.2 Å². The molecule has 3 rings (SSSR count). The molecule has 0 amide bonds. The highest BCUT2D eigenvalue weighted by Gasteiger charge is 2.23. The molecule has 1 unspecified atom stereocenters. The average molecular weight is 389 g/mol. The van der Waals surface area contributed by atoms with Crippen molar-refractivity contribution in [3.05, 3.63) is 59.1 Å². The lowest BCUT2D eigenvalue weighted by Gasteiger charge is -2.13. The molecular weight excluding hydrogens is 372 g/mol. The predicted molar refractivity (Wildman–Crippen MR) is 101 cm³/mol. The molecule has 26 heavy (non-hydrogen) atoms. The Morgan fingerprint density at radius 2 is 1.88 bits per heavy atom. The number of aromatic nitrogens is 4. The van der Waals surface area contributed by atoms with Crippen molar-refractivity contribution < 1.29 is 9.53 Å². The van der Waals surface area contributed by atoms with Crippen LogP contribution in [0.5, 0.6) is 5.75 Å². The van der Waals surface area contributed by atoms with Crippen molar-refractivity contribution in [2.75, 3.05) is 7.11 Å². The second kappa shape index (κ2) is 8.33. The van der Waals surface area contributed by atoms with E-state index >= 15 is 0 Å². The van der Waals surface area contributed by atoms with E-state index in [0.717, 1.165) is 5.69 Å². The Balaban J connectivity index is 1.81. The molecule has 1 heterocycles. The summed E-state index contributed by atoms with van der Waals surface area (Å²) in [7, 11) is 1.60. The Morgan fingerprint density at radius 1 is 1.19 bits per heavy atom. The van der Waals surface area contributed by atoms with E-state index in [1.807, 2.05) is 19.1 Å². The van der Waals surface area contributed by atoms with E-state index in [1.54, 1.807) is 48.2 Å². The first-order valence-electron chi connectivity index (χ1n) is 8.01. The summed E-state index contributed by atoms with van der Waals surface area (Å²) in [4.78, 5) is 12.8. The van der Waals surface area contributed by atoms with E-state index in [1.165, 1.54) is 11.8 Å². The first-order chi connectivity index (χ1) is 12.6. The Morgan fingerprint density at radius 3 is 2.50 bits per heavy atom. The topological polar surface area (TPSA) is 69.9 Å². The number of thioether (sulfide) groups is 1. The maximum atomic E-state index is 12.8. The summed E-state index contributed by atoms with van der Waals surface area (Å²) >= 11 is 7.28. The van der Waals surface area contributed by atoms with E-state index in [2.05, 4.69) is 15.5 Å². The Hall–Kier alpha value is -2.38. The van der Waals surface area contributed by atoms with Gasteiger partial charge in [0.15, 0.2) is 5.78 Å². The molecule has 6 nitrogen and oxygen atoms in total. The van der Waals surface area contributed by atoms with Gasteiger partial charge in [0.25, 0.3) is 0 Å². The van der Waals surface area contributed by atoms with E-state index < -0.39 is 0 Å². The second-order valence-electron chi connectivity index (χ2n) is 5.46. The molecule has 0 aliphatic heterocycles. The molecule has 0 spiro atoms. The molecule has 2 aromatic carbocycles. The number of Topliss-reactive ketones (excluding diaryl/α,β-unsaturated/α-hetero) is 1. The van der Waals surface area contributed by atoms with Crippen molar-refractivity contribution >= 4 is 29.1 Å². The maximum Gasteiger partial charge on any atom is 0.214 e. The molecule has 1 atom stereocenters. The zero-order chi connectivity index (χ0) is 18.5. The van der Waals surface area contributed by atoms with Crippen LogP contribution in [0.15, 0.2) is 53.7 Å². The molecule has 8 heteroatoms. The largest absolute Gasteiger partial charge is 0.497 e. The summed E-state index contributed by atoms with van der Waals surface area (Å²) in [5.41, 5.74) is 1.42. The minimum Gasteiger partial charge on any atom is -0.497 e. The fourth-order valence-corrected chi connectivity index (χ4v) is 3.50. The Bertz CT molecular complexity index is 881. The molecule has 0 bridgehead atoms. The molecule has 0 saturated carbocycles. The van der Waals surface area contributed by atoms with Gasteiger partial charge in [0.1, 0.15) is 5.75 Å². The van der Waals surface area contributed by atoms with Gasteiger partial charge < -0.3 is 4.74 Å². The van der Waals surface area contributed by atoms with Crippen molar-refractivity contribution in [1.29, 1.82) is 0 Å². The third kappa shape index (κ3) is 4.05. The molecule has 3 aromatic rings. The fourth-order valence-electron chi connectivity index (χ4n) is 2.39. The van der Waals surface area contributed by atoms with Gasteiger partial charge in [0, 0.05) is 10.6 Å². The average Bonchev–Trinajstić information content (AvgIpc) is 3.14. The molecule has 0 radical (unpaired) electrons. The number of hydrogen-bond donors (Lipinski definition) is 0. The third-order valence-corrected chi connectivity index (χ3v) is 5.35. The van der Waals surface area contributed by atoms with E-state index in [4.69, 9.17) is 16.3 Å². The molecule has 0 fully saturated rings. The lowest BCUT2D eigenvalue weighted by molar-refractivity contribution is 0.0988. The van der Waals surface area contributed by atoms with Gasteiger partial charge in [0.05, 0.1) is 18.0 Å². The van der Waals surface area contributed by atoms with Gasteiger partial charge in [-0.15, -0.1) is 5.10 Å². The van der Waals surface area contributed by atoms with Crippen molar-refractivity contribution in [2.45, 2.75) is 23.8 Å². The van der Waals surface area contributed by atoms with Gasteiger partial charge in [0.2, 0.25) is 5.16 Å². The highest BCUT2D eigenvalue weighted by atomic mass is 35.5. The second-order valence-corrected chi connectivity index (χ2v) is 7.06. The first kappa shape index (κ1) is 18.4. The number of rotatable bonds is 7. The molecule has 0 aliphatic rings. The Labute approximate surface area is 160 Å². The monoisotopic (exact) mass is 388 g/mol. The number of carbonyl (C=O) groups excluding carboxylic acids is 1.